The topological polar surface area (TPSA) is 55.0 Å². The number of nitrogens with two attached hydrogens (primary N) is 1. The minimum absolute atomic E-state index is 0.483. The lowest BCUT2D eigenvalue weighted by Gasteiger charge is -2.15. The monoisotopic (exact) mass is 152 g/mol. The fraction of sp³-hybridized carbons (Fsp3) is 0.429. The molecule has 1 rings (SSSR count). The first-order chi connectivity index (χ1) is 5.25. The zero-order valence-electron chi connectivity index (χ0n) is 6.78. The molecule has 0 saturated carbocycles. The predicted octanol–water partition coefficient (Wildman–Crippen LogP) is 0.515. The van der Waals surface area contributed by atoms with Gasteiger partial charge in [-0.25, -0.2) is 9.97 Å². The second-order valence-electron chi connectivity index (χ2n) is 2.28. The van der Waals surface area contributed by atoms with Gasteiger partial charge in [0.1, 0.15) is 0 Å². The molecule has 0 saturated heterocycles. The summed E-state index contributed by atoms with van der Waals surface area (Å²) in [5.41, 5.74) is 5.58. The van der Waals surface area contributed by atoms with Crippen LogP contribution in [-0.2, 0) is 0 Å². The summed E-state index contributed by atoms with van der Waals surface area (Å²) >= 11 is 0. The molecule has 0 atom stereocenters. The molecule has 0 fully saturated rings. The second kappa shape index (κ2) is 3.18. The highest BCUT2D eigenvalue weighted by Crippen LogP contribution is 2.13. The fourth-order valence-electron chi connectivity index (χ4n) is 0.785. The largest absolute Gasteiger partial charge is 0.381 e. The quantitative estimate of drug-likeness (QED) is 0.671. The van der Waals surface area contributed by atoms with E-state index in [-0.39, 0.29) is 0 Å². The Labute approximate surface area is 66.1 Å². The zero-order chi connectivity index (χ0) is 8.27. The molecule has 0 bridgehead atoms. The predicted molar refractivity (Wildman–Crippen MR) is 45.4 cm³/mol. The Bertz CT molecular complexity index is 236. The molecule has 11 heavy (non-hydrogen) atoms. The molecule has 0 radical (unpaired) electrons. The van der Waals surface area contributed by atoms with Gasteiger partial charge >= 0.3 is 0 Å². The molecule has 0 spiro atoms. The van der Waals surface area contributed by atoms with Crippen molar-refractivity contribution < 1.29 is 0 Å². The number of nitrogens with zero attached hydrogens (tertiary/aromatic N) is 3. The smallest absolute Gasteiger partial charge is 0.171 e. The summed E-state index contributed by atoms with van der Waals surface area (Å²) in [5, 5.41) is 0. The van der Waals surface area contributed by atoms with Gasteiger partial charge in [0.05, 0.1) is 0 Å². The van der Waals surface area contributed by atoms with Crippen molar-refractivity contribution in [2.24, 2.45) is 0 Å². The first-order valence-electron chi connectivity index (χ1n) is 3.53. The number of hydrogen-bond donors (Lipinski definition) is 1. The lowest BCUT2D eigenvalue weighted by atomic mass is 10.5. The molecule has 0 aliphatic rings. The third-order valence-corrected chi connectivity index (χ3v) is 1.54. The first kappa shape index (κ1) is 7.78. The first-order valence-corrected chi connectivity index (χ1v) is 3.53. The summed E-state index contributed by atoms with van der Waals surface area (Å²) in [6.07, 6.45) is 3.22. The van der Waals surface area contributed by atoms with Gasteiger partial charge in [0.2, 0.25) is 0 Å². The number of rotatable bonds is 2. The average Bonchev–Trinajstić information content (AvgIpc) is 2.04. The molecule has 1 aromatic heterocycles. The lowest BCUT2D eigenvalue weighted by Crippen LogP contribution is -2.19. The normalized spacial score (nSPS) is 9.64. The summed E-state index contributed by atoms with van der Waals surface area (Å²) in [4.78, 5) is 9.96. The zero-order valence-corrected chi connectivity index (χ0v) is 6.78. The van der Waals surface area contributed by atoms with Crippen LogP contribution in [0.5, 0.6) is 0 Å². The molecule has 0 aromatic carbocycles. The van der Waals surface area contributed by atoms with E-state index in [0.717, 1.165) is 12.4 Å². The molecule has 0 aliphatic carbocycles. The van der Waals surface area contributed by atoms with Crippen molar-refractivity contribution in [3.8, 4) is 0 Å². The van der Waals surface area contributed by atoms with Crippen LogP contribution >= 0.6 is 0 Å². The van der Waals surface area contributed by atoms with Crippen molar-refractivity contribution >= 4 is 11.6 Å². The molecular weight excluding hydrogens is 140 g/mol. The summed E-state index contributed by atoms with van der Waals surface area (Å²) in [6.45, 7) is 2.91. The van der Waals surface area contributed by atoms with Crippen LogP contribution in [0, 0.1) is 0 Å². The maximum Gasteiger partial charge on any atom is 0.171 e. The Morgan fingerprint density at radius 1 is 1.45 bits per heavy atom. The molecule has 1 heterocycles. The van der Waals surface area contributed by atoms with Crippen molar-refractivity contribution in [1.82, 2.24) is 9.97 Å². The standard InChI is InChI=1S/C7H12N4/c1-3-11(2)7-6(8)9-4-5-10-7/h4-5H,3H2,1-2H3,(H2,8,9). The van der Waals surface area contributed by atoms with Gasteiger partial charge in [-0.1, -0.05) is 0 Å². The van der Waals surface area contributed by atoms with E-state index in [1.807, 2.05) is 18.9 Å². The van der Waals surface area contributed by atoms with E-state index in [0.29, 0.717) is 5.82 Å². The van der Waals surface area contributed by atoms with Gasteiger partial charge in [-0.2, -0.15) is 0 Å². The Morgan fingerprint density at radius 2 is 2.09 bits per heavy atom. The Balaban J connectivity index is 2.93. The van der Waals surface area contributed by atoms with E-state index >= 15 is 0 Å². The number of aromatic nitrogens is 2. The minimum Gasteiger partial charge on any atom is -0.381 e. The van der Waals surface area contributed by atoms with Crippen LogP contribution < -0.4 is 10.6 Å². The highest BCUT2D eigenvalue weighted by atomic mass is 15.2. The molecule has 0 unspecified atom stereocenters. The van der Waals surface area contributed by atoms with Gasteiger partial charge in [0.15, 0.2) is 11.6 Å². The van der Waals surface area contributed by atoms with Crippen molar-refractivity contribution in [2.45, 2.75) is 6.92 Å². The van der Waals surface area contributed by atoms with Gasteiger partial charge in [-0.15, -0.1) is 0 Å². The summed E-state index contributed by atoms with van der Waals surface area (Å²) < 4.78 is 0. The van der Waals surface area contributed by atoms with Crippen molar-refractivity contribution in [3.63, 3.8) is 0 Å². The highest BCUT2D eigenvalue weighted by Gasteiger charge is 2.03. The van der Waals surface area contributed by atoms with E-state index < -0.39 is 0 Å². The van der Waals surface area contributed by atoms with Crippen molar-refractivity contribution in [2.75, 3.05) is 24.2 Å². The minimum atomic E-state index is 0.483. The van der Waals surface area contributed by atoms with Gasteiger partial charge in [0, 0.05) is 26.0 Å². The van der Waals surface area contributed by atoms with Crippen LogP contribution in [0.4, 0.5) is 11.6 Å². The average molecular weight is 152 g/mol. The third-order valence-electron chi connectivity index (χ3n) is 1.54. The van der Waals surface area contributed by atoms with Crippen molar-refractivity contribution in [3.05, 3.63) is 12.4 Å². The Morgan fingerprint density at radius 3 is 2.64 bits per heavy atom. The van der Waals surface area contributed by atoms with Gasteiger partial charge in [-0.3, -0.25) is 0 Å². The van der Waals surface area contributed by atoms with Crippen LogP contribution in [0.25, 0.3) is 0 Å². The van der Waals surface area contributed by atoms with E-state index in [1.54, 1.807) is 12.4 Å². The molecule has 0 aliphatic heterocycles. The molecular formula is C7H12N4. The molecule has 0 amide bonds. The lowest BCUT2D eigenvalue weighted by molar-refractivity contribution is 0.932. The molecule has 2 N–H and O–H groups in total. The maximum atomic E-state index is 5.58. The number of anilines is 2. The highest BCUT2D eigenvalue weighted by molar-refractivity contribution is 5.56. The maximum absolute atomic E-state index is 5.58. The molecule has 1 aromatic rings. The molecule has 60 valence electrons. The molecule has 4 heteroatoms. The van der Waals surface area contributed by atoms with Gasteiger partial charge < -0.3 is 10.6 Å². The van der Waals surface area contributed by atoms with E-state index in [9.17, 15) is 0 Å². The van der Waals surface area contributed by atoms with Crippen LogP contribution in [0.3, 0.4) is 0 Å². The summed E-state index contributed by atoms with van der Waals surface area (Å²) in [6, 6.07) is 0. The van der Waals surface area contributed by atoms with Crippen LogP contribution in [0.15, 0.2) is 12.4 Å². The van der Waals surface area contributed by atoms with Crippen LogP contribution in [0.1, 0.15) is 6.92 Å². The Kier molecular flexibility index (Phi) is 2.25. The number of nitrogen functional groups attached to an aromatic ring is 1. The van der Waals surface area contributed by atoms with Crippen LogP contribution in [0.2, 0.25) is 0 Å². The third kappa shape index (κ3) is 1.58. The molecule has 4 nitrogen and oxygen atoms in total. The van der Waals surface area contributed by atoms with E-state index in [4.69, 9.17) is 5.73 Å². The van der Waals surface area contributed by atoms with E-state index in [1.165, 1.54) is 0 Å². The fourth-order valence-corrected chi connectivity index (χ4v) is 0.785. The van der Waals surface area contributed by atoms with Gasteiger partial charge in [0.25, 0.3) is 0 Å². The Hall–Kier alpha value is -1.32. The van der Waals surface area contributed by atoms with Gasteiger partial charge in [-0.05, 0) is 6.92 Å². The van der Waals surface area contributed by atoms with Crippen molar-refractivity contribution in [1.29, 1.82) is 0 Å². The second-order valence-corrected chi connectivity index (χ2v) is 2.28. The van der Waals surface area contributed by atoms with E-state index in [2.05, 4.69) is 9.97 Å². The summed E-state index contributed by atoms with van der Waals surface area (Å²) in [7, 11) is 1.93. The SMILES string of the molecule is CCN(C)c1nccnc1N. The summed E-state index contributed by atoms with van der Waals surface area (Å²) in [5.74, 6) is 1.23. The number of hydrogen-bond acceptors (Lipinski definition) is 4. The van der Waals surface area contributed by atoms with Crippen LogP contribution in [-0.4, -0.2) is 23.6 Å².